The van der Waals surface area contributed by atoms with Crippen molar-refractivity contribution in [2.75, 3.05) is 7.11 Å². The molecule has 1 aromatic carbocycles. The molecule has 82 valence electrons. The van der Waals surface area contributed by atoms with Crippen molar-refractivity contribution in [3.05, 3.63) is 28.3 Å². The normalized spacial score (nSPS) is 20.6. The zero-order chi connectivity index (χ0) is 10.8. The third-order valence-electron chi connectivity index (χ3n) is 2.95. The maximum atomic E-state index is 9.97. The van der Waals surface area contributed by atoms with E-state index in [1.807, 2.05) is 12.1 Å². The van der Waals surface area contributed by atoms with E-state index in [-0.39, 0.29) is 0 Å². The van der Waals surface area contributed by atoms with Gasteiger partial charge >= 0.3 is 0 Å². The summed E-state index contributed by atoms with van der Waals surface area (Å²) in [6.45, 7) is 0. The Morgan fingerprint density at radius 1 is 1.40 bits per heavy atom. The molecule has 0 saturated heterocycles. The zero-order valence-corrected chi connectivity index (χ0v) is 9.55. The standard InChI is InChI=1S/C12H15ClO2/c1-15-8-6-10-9(11(13)7-8)4-2-3-5-12(10)14/h6-7,12,14H,2-5H2,1H3/t12-/m1/s1. The van der Waals surface area contributed by atoms with Gasteiger partial charge in [0.25, 0.3) is 0 Å². The second-order valence-electron chi connectivity index (χ2n) is 3.94. The van der Waals surface area contributed by atoms with E-state index in [0.29, 0.717) is 5.02 Å². The molecule has 0 fully saturated rings. The summed E-state index contributed by atoms with van der Waals surface area (Å²) < 4.78 is 5.15. The molecule has 0 unspecified atom stereocenters. The minimum Gasteiger partial charge on any atom is -0.497 e. The quantitative estimate of drug-likeness (QED) is 0.746. The van der Waals surface area contributed by atoms with Crippen LogP contribution >= 0.6 is 11.6 Å². The van der Waals surface area contributed by atoms with E-state index in [1.54, 1.807) is 7.11 Å². The van der Waals surface area contributed by atoms with Crippen LogP contribution in [0.1, 0.15) is 36.5 Å². The number of fused-ring (bicyclic) bond motifs is 1. The van der Waals surface area contributed by atoms with Crippen LogP contribution in [0.3, 0.4) is 0 Å². The fourth-order valence-corrected chi connectivity index (χ4v) is 2.42. The molecule has 1 atom stereocenters. The first-order valence-electron chi connectivity index (χ1n) is 5.26. The maximum Gasteiger partial charge on any atom is 0.120 e. The van der Waals surface area contributed by atoms with E-state index >= 15 is 0 Å². The number of halogens is 1. The van der Waals surface area contributed by atoms with Gasteiger partial charge in [-0.25, -0.2) is 0 Å². The molecule has 1 aromatic rings. The Morgan fingerprint density at radius 3 is 2.93 bits per heavy atom. The molecule has 1 aliphatic carbocycles. The van der Waals surface area contributed by atoms with E-state index < -0.39 is 6.10 Å². The molecule has 0 spiro atoms. The van der Waals surface area contributed by atoms with Crippen LogP contribution in [0, 0.1) is 0 Å². The maximum absolute atomic E-state index is 9.97. The smallest absolute Gasteiger partial charge is 0.120 e. The summed E-state index contributed by atoms with van der Waals surface area (Å²) in [6.07, 6.45) is 3.52. The summed E-state index contributed by atoms with van der Waals surface area (Å²) in [6, 6.07) is 3.72. The fraction of sp³-hybridized carbons (Fsp3) is 0.500. The third kappa shape index (κ3) is 2.11. The SMILES string of the molecule is COc1cc(Cl)c2c(c1)[C@H](O)CCCC2. The summed E-state index contributed by atoms with van der Waals surface area (Å²) in [4.78, 5) is 0. The van der Waals surface area contributed by atoms with Gasteiger partial charge in [-0.05, 0) is 42.5 Å². The van der Waals surface area contributed by atoms with E-state index in [2.05, 4.69) is 0 Å². The van der Waals surface area contributed by atoms with Gasteiger partial charge in [0, 0.05) is 5.02 Å². The van der Waals surface area contributed by atoms with Crippen LogP contribution in [0.2, 0.25) is 5.02 Å². The monoisotopic (exact) mass is 226 g/mol. The largest absolute Gasteiger partial charge is 0.497 e. The highest BCUT2D eigenvalue weighted by Gasteiger charge is 2.19. The van der Waals surface area contributed by atoms with Crippen LogP contribution in [0.25, 0.3) is 0 Å². The number of hydrogen-bond donors (Lipinski definition) is 1. The Kier molecular flexibility index (Phi) is 3.17. The first-order valence-corrected chi connectivity index (χ1v) is 5.64. The molecule has 0 bridgehead atoms. The lowest BCUT2D eigenvalue weighted by atomic mass is 10.0. The summed E-state index contributed by atoms with van der Waals surface area (Å²) in [7, 11) is 1.61. The number of ether oxygens (including phenoxy) is 1. The molecule has 0 amide bonds. The first-order chi connectivity index (χ1) is 7.22. The first kappa shape index (κ1) is 10.8. The molecule has 2 rings (SSSR count). The van der Waals surface area contributed by atoms with Crippen molar-refractivity contribution in [3.8, 4) is 5.75 Å². The second kappa shape index (κ2) is 4.42. The van der Waals surface area contributed by atoms with Crippen molar-refractivity contribution >= 4 is 11.6 Å². The average Bonchev–Trinajstić information content (AvgIpc) is 2.41. The van der Waals surface area contributed by atoms with Gasteiger partial charge < -0.3 is 9.84 Å². The number of benzene rings is 1. The van der Waals surface area contributed by atoms with Crippen molar-refractivity contribution in [2.45, 2.75) is 31.8 Å². The van der Waals surface area contributed by atoms with Gasteiger partial charge in [0.1, 0.15) is 5.75 Å². The van der Waals surface area contributed by atoms with E-state index in [0.717, 1.165) is 42.6 Å². The molecular weight excluding hydrogens is 212 g/mol. The van der Waals surface area contributed by atoms with E-state index in [1.165, 1.54) is 0 Å². The summed E-state index contributed by atoms with van der Waals surface area (Å²) >= 11 is 6.17. The molecule has 2 nitrogen and oxygen atoms in total. The lowest BCUT2D eigenvalue weighted by Gasteiger charge is -2.14. The number of methoxy groups -OCH3 is 1. The minimum absolute atomic E-state index is 0.393. The molecule has 0 heterocycles. The Balaban J connectivity index is 2.50. The van der Waals surface area contributed by atoms with Crippen molar-refractivity contribution in [1.29, 1.82) is 0 Å². The van der Waals surface area contributed by atoms with Crippen LogP contribution in [-0.2, 0) is 6.42 Å². The van der Waals surface area contributed by atoms with Crippen molar-refractivity contribution < 1.29 is 9.84 Å². The number of aliphatic hydroxyl groups excluding tert-OH is 1. The highest BCUT2D eigenvalue weighted by atomic mass is 35.5. The Morgan fingerprint density at radius 2 is 2.20 bits per heavy atom. The third-order valence-corrected chi connectivity index (χ3v) is 3.29. The molecular formula is C12H15ClO2. The molecule has 1 N–H and O–H groups in total. The van der Waals surface area contributed by atoms with Crippen LogP contribution < -0.4 is 4.74 Å². The van der Waals surface area contributed by atoms with Crippen molar-refractivity contribution in [1.82, 2.24) is 0 Å². The lowest BCUT2D eigenvalue weighted by Crippen LogP contribution is -2.00. The van der Waals surface area contributed by atoms with Gasteiger partial charge in [-0.2, -0.15) is 0 Å². The average molecular weight is 227 g/mol. The molecule has 0 saturated carbocycles. The number of rotatable bonds is 1. The van der Waals surface area contributed by atoms with Crippen molar-refractivity contribution in [3.63, 3.8) is 0 Å². The van der Waals surface area contributed by atoms with Gasteiger partial charge in [-0.3, -0.25) is 0 Å². The predicted molar refractivity (Wildman–Crippen MR) is 60.5 cm³/mol. The summed E-state index contributed by atoms with van der Waals surface area (Å²) in [5, 5.41) is 10.7. The molecule has 0 radical (unpaired) electrons. The second-order valence-corrected chi connectivity index (χ2v) is 4.35. The molecule has 1 aliphatic rings. The molecule has 0 aromatic heterocycles. The zero-order valence-electron chi connectivity index (χ0n) is 8.79. The van der Waals surface area contributed by atoms with Crippen LogP contribution in [0.4, 0.5) is 0 Å². The van der Waals surface area contributed by atoms with Crippen LogP contribution in [0.15, 0.2) is 12.1 Å². The summed E-state index contributed by atoms with van der Waals surface area (Å²) in [5.41, 5.74) is 2.03. The van der Waals surface area contributed by atoms with Gasteiger partial charge in [-0.1, -0.05) is 18.0 Å². The minimum atomic E-state index is -0.393. The highest BCUT2D eigenvalue weighted by Crippen LogP contribution is 2.35. The van der Waals surface area contributed by atoms with E-state index in [4.69, 9.17) is 16.3 Å². The van der Waals surface area contributed by atoms with Gasteiger partial charge in [0.05, 0.1) is 13.2 Å². The number of aliphatic hydroxyl groups is 1. The number of hydrogen-bond acceptors (Lipinski definition) is 2. The summed E-state index contributed by atoms with van der Waals surface area (Å²) in [5.74, 6) is 0.722. The molecule has 15 heavy (non-hydrogen) atoms. The van der Waals surface area contributed by atoms with Crippen LogP contribution in [-0.4, -0.2) is 12.2 Å². The van der Waals surface area contributed by atoms with E-state index in [9.17, 15) is 5.11 Å². The molecule has 0 aliphatic heterocycles. The van der Waals surface area contributed by atoms with Crippen LogP contribution in [0.5, 0.6) is 5.75 Å². The van der Waals surface area contributed by atoms with Gasteiger partial charge in [0.15, 0.2) is 0 Å². The highest BCUT2D eigenvalue weighted by molar-refractivity contribution is 6.31. The van der Waals surface area contributed by atoms with Gasteiger partial charge in [0.2, 0.25) is 0 Å². The Hall–Kier alpha value is -0.730. The predicted octanol–water partition coefficient (Wildman–Crippen LogP) is 3.11. The van der Waals surface area contributed by atoms with Crippen molar-refractivity contribution in [2.24, 2.45) is 0 Å². The lowest BCUT2D eigenvalue weighted by molar-refractivity contribution is 0.166. The molecule has 3 heteroatoms. The Bertz CT molecular complexity index is 363. The van der Waals surface area contributed by atoms with Gasteiger partial charge in [-0.15, -0.1) is 0 Å². The topological polar surface area (TPSA) is 29.5 Å². The Labute approximate surface area is 94.8 Å². The fourth-order valence-electron chi connectivity index (χ4n) is 2.11.